The molecule has 0 heterocycles. The van der Waals surface area contributed by atoms with Crippen molar-refractivity contribution in [3.05, 3.63) is 35.7 Å². The number of aliphatic hydroxyl groups is 2. The molecule has 12 heavy (non-hydrogen) atoms. The van der Waals surface area contributed by atoms with Crippen LogP contribution in [0.5, 0.6) is 0 Å². The van der Waals surface area contributed by atoms with Gasteiger partial charge in [-0.25, -0.2) is 0 Å². The van der Waals surface area contributed by atoms with Crippen molar-refractivity contribution in [2.24, 2.45) is 0 Å². The van der Waals surface area contributed by atoms with Crippen molar-refractivity contribution >= 4 is 8.80 Å². The second kappa shape index (κ2) is 3.84. The molecule has 2 N–H and O–H groups in total. The van der Waals surface area contributed by atoms with Gasteiger partial charge in [0, 0.05) is 0 Å². The van der Waals surface area contributed by atoms with Gasteiger partial charge in [0.1, 0.15) is 21.0 Å². The predicted molar refractivity (Wildman–Crippen MR) is 51.1 cm³/mol. The molecule has 3 heteroatoms. The molecule has 2 nitrogen and oxygen atoms in total. The van der Waals surface area contributed by atoms with Crippen LogP contribution in [-0.2, 0) is 0 Å². The zero-order valence-corrected chi connectivity index (χ0v) is 8.07. The van der Waals surface area contributed by atoms with Gasteiger partial charge >= 0.3 is 0 Å². The van der Waals surface area contributed by atoms with E-state index in [0.717, 1.165) is 5.20 Å². The van der Waals surface area contributed by atoms with Crippen LogP contribution in [0.25, 0.3) is 0 Å². The number of hydrogen-bond acceptors (Lipinski definition) is 2. The minimum Gasteiger partial charge on any atom is -0.386 e. The lowest BCUT2D eigenvalue weighted by Gasteiger charge is -2.23. The highest BCUT2D eigenvalue weighted by molar-refractivity contribution is 6.70. The number of allylic oxidation sites excluding steroid dienone is 2. The minimum absolute atomic E-state index is 0.730. The van der Waals surface area contributed by atoms with Gasteiger partial charge in [0.25, 0.3) is 0 Å². The maximum Gasteiger partial charge on any atom is 0.106 e. The van der Waals surface area contributed by atoms with Crippen LogP contribution in [0.2, 0.25) is 6.55 Å². The zero-order valence-electron chi connectivity index (χ0n) is 7.07. The van der Waals surface area contributed by atoms with Crippen molar-refractivity contribution in [1.29, 1.82) is 0 Å². The molecule has 0 aromatic carbocycles. The van der Waals surface area contributed by atoms with E-state index in [1.54, 1.807) is 12.2 Å². The van der Waals surface area contributed by atoms with Gasteiger partial charge in [-0.2, -0.15) is 0 Å². The maximum absolute atomic E-state index is 9.55. The fourth-order valence-electron chi connectivity index (χ4n) is 1.14. The third-order valence-corrected chi connectivity index (χ3v) is 3.97. The molecule has 0 unspecified atom stereocenters. The van der Waals surface area contributed by atoms with Gasteiger partial charge in [0.2, 0.25) is 0 Å². The Morgan fingerprint density at radius 2 is 2.25 bits per heavy atom. The summed E-state index contributed by atoms with van der Waals surface area (Å²) in [5.74, 6) is 0. The molecule has 0 saturated heterocycles. The SMILES string of the molecule is C=C[Si](C)C1=CC=C[C@H](O)[C@@H]1O. The second-order valence-corrected chi connectivity index (χ2v) is 5.18. The van der Waals surface area contributed by atoms with Gasteiger partial charge in [-0.1, -0.05) is 30.5 Å². The highest BCUT2D eigenvalue weighted by Gasteiger charge is 2.23. The Kier molecular flexibility index (Phi) is 3.03. The van der Waals surface area contributed by atoms with Crippen LogP contribution >= 0.6 is 0 Å². The Hall–Kier alpha value is -0.643. The molecule has 65 valence electrons. The third kappa shape index (κ3) is 1.74. The molecule has 0 aromatic rings. The van der Waals surface area contributed by atoms with E-state index in [-0.39, 0.29) is 0 Å². The quantitative estimate of drug-likeness (QED) is 0.612. The lowest BCUT2D eigenvalue weighted by molar-refractivity contribution is 0.0758. The summed E-state index contributed by atoms with van der Waals surface area (Å²) >= 11 is 0. The normalized spacial score (nSPS) is 28.8. The van der Waals surface area contributed by atoms with Gasteiger partial charge in [-0.05, 0) is 5.20 Å². The van der Waals surface area contributed by atoms with Crippen LogP contribution in [0.15, 0.2) is 35.7 Å². The first-order valence-electron chi connectivity index (χ1n) is 3.87. The molecule has 2 atom stereocenters. The van der Waals surface area contributed by atoms with Crippen LogP contribution in [0, 0.1) is 0 Å². The van der Waals surface area contributed by atoms with E-state index in [2.05, 4.69) is 6.58 Å². The summed E-state index contributed by atoms with van der Waals surface area (Å²) in [6.45, 7) is 5.72. The number of rotatable bonds is 2. The fourth-order valence-corrected chi connectivity index (χ4v) is 2.38. The van der Waals surface area contributed by atoms with Gasteiger partial charge in [-0.3, -0.25) is 0 Å². The molecular weight excluding hydrogens is 168 g/mol. The molecule has 1 radical (unpaired) electrons. The highest BCUT2D eigenvalue weighted by atomic mass is 28.3. The van der Waals surface area contributed by atoms with E-state index in [1.165, 1.54) is 0 Å². The third-order valence-electron chi connectivity index (χ3n) is 1.99. The zero-order chi connectivity index (χ0) is 9.14. The van der Waals surface area contributed by atoms with Crippen LogP contribution in [0.1, 0.15) is 0 Å². The van der Waals surface area contributed by atoms with Crippen molar-refractivity contribution in [2.75, 3.05) is 0 Å². The van der Waals surface area contributed by atoms with Crippen LogP contribution in [-0.4, -0.2) is 31.2 Å². The van der Waals surface area contributed by atoms with Crippen molar-refractivity contribution in [3.63, 3.8) is 0 Å². The second-order valence-electron chi connectivity index (χ2n) is 2.83. The van der Waals surface area contributed by atoms with Crippen molar-refractivity contribution in [3.8, 4) is 0 Å². The van der Waals surface area contributed by atoms with Gasteiger partial charge < -0.3 is 10.2 Å². The number of hydrogen-bond donors (Lipinski definition) is 2. The summed E-state index contributed by atoms with van der Waals surface area (Å²) in [6, 6.07) is 0. The molecule has 0 aromatic heterocycles. The topological polar surface area (TPSA) is 40.5 Å². The predicted octanol–water partition coefficient (Wildman–Crippen LogP) is 0.593. The first-order chi connectivity index (χ1) is 5.66. The summed E-state index contributed by atoms with van der Waals surface area (Å²) in [4.78, 5) is 0. The maximum atomic E-state index is 9.55. The van der Waals surface area contributed by atoms with Crippen molar-refractivity contribution in [1.82, 2.24) is 0 Å². The van der Waals surface area contributed by atoms with E-state index in [4.69, 9.17) is 0 Å². The first-order valence-corrected chi connectivity index (χ1v) is 5.95. The molecule has 0 aliphatic heterocycles. The largest absolute Gasteiger partial charge is 0.386 e. The molecule has 0 amide bonds. The molecular formula is C9H13O2Si. The summed E-state index contributed by atoms with van der Waals surface area (Å²) in [6.07, 6.45) is 3.77. The van der Waals surface area contributed by atoms with E-state index >= 15 is 0 Å². The summed E-state index contributed by atoms with van der Waals surface area (Å²) in [5.41, 5.74) is 1.85. The van der Waals surface area contributed by atoms with Crippen molar-refractivity contribution < 1.29 is 10.2 Å². The molecule has 0 spiro atoms. The Balaban J connectivity index is 2.82. The summed E-state index contributed by atoms with van der Waals surface area (Å²) < 4.78 is 0. The van der Waals surface area contributed by atoms with E-state index < -0.39 is 21.0 Å². The minimum atomic E-state index is -0.847. The standard InChI is InChI=1S/C9H13O2Si/c1-3-12(2)8-6-4-5-7(10)9(8)11/h3-7,9-11H,1H2,2H3/t7-,9-/m0/s1. The average molecular weight is 181 g/mol. The van der Waals surface area contributed by atoms with Gasteiger partial charge in [-0.15, -0.1) is 6.58 Å². The summed E-state index contributed by atoms with van der Waals surface area (Å²) in [7, 11) is -0.847. The van der Waals surface area contributed by atoms with Crippen LogP contribution in [0.4, 0.5) is 0 Å². The van der Waals surface area contributed by atoms with E-state index in [0.29, 0.717) is 0 Å². The smallest absolute Gasteiger partial charge is 0.106 e. The molecule has 1 aliphatic carbocycles. The lowest BCUT2D eigenvalue weighted by Crippen LogP contribution is -2.33. The average Bonchev–Trinajstić information content (AvgIpc) is 2.08. The summed E-state index contributed by atoms with van der Waals surface area (Å²) in [5, 5.41) is 19.8. The Labute approximate surface area is 74.2 Å². The van der Waals surface area contributed by atoms with Crippen molar-refractivity contribution in [2.45, 2.75) is 18.8 Å². The van der Waals surface area contributed by atoms with Crippen LogP contribution in [0.3, 0.4) is 0 Å². The molecule has 0 saturated carbocycles. The Morgan fingerprint density at radius 3 is 2.83 bits per heavy atom. The Morgan fingerprint density at radius 1 is 1.58 bits per heavy atom. The molecule has 1 aliphatic rings. The van der Waals surface area contributed by atoms with Gasteiger partial charge in [0.15, 0.2) is 0 Å². The Bertz CT molecular complexity index is 233. The van der Waals surface area contributed by atoms with Crippen LogP contribution < -0.4 is 0 Å². The molecule has 0 bridgehead atoms. The van der Waals surface area contributed by atoms with Gasteiger partial charge in [0.05, 0.1) is 0 Å². The molecule has 1 rings (SSSR count). The van der Waals surface area contributed by atoms with E-state index in [9.17, 15) is 10.2 Å². The molecule has 0 fully saturated rings. The highest BCUT2D eigenvalue weighted by Crippen LogP contribution is 2.16. The first kappa shape index (κ1) is 9.44. The fraction of sp³-hybridized carbons (Fsp3) is 0.333. The monoisotopic (exact) mass is 181 g/mol. The van der Waals surface area contributed by atoms with E-state index in [1.807, 2.05) is 18.3 Å². The number of aliphatic hydroxyl groups excluding tert-OH is 2. The lowest BCUT2D eigenvalue weighted by atomic mass is 10.1.